The smallest absolute Gasteiger partial charge is 0.151 e. The minimum Gasteiger partial charge on any atom is -0.326 e. The van der Waals surface area contributed by atoms with Crippen molar-refractivity contribution in [1.82, 2.24) is 14.5 Å². The molecule has 33 heavy (non-hydrogen) atoms. The summed E-state index contributed by atoms with van der Waals surface area (Å²) in [6, 6.07) is 21.8. The molecule has 0 amide bonds. The Labute approximate surface area is 205 Å². The third-order valence-corrected chi connectivity index (χ3v) is 7.06. The van der Waals surface area contributed by atoms with Crippen molar-refractivity contribution in [3.63, 3.8) is 0 Å². The van der Waals surface area contributed by atoms with Gasteiger partial charge in [-0.05, 0) is 35.4 Å². The summed E-state index contributed by atoms with van der Waals surface area (Å²) in [6.45, 7) is 0.661. The van der Waals surface area contributed by atoms with E-state index in [0.717, 1.165) is 37.8 Å². The van der Waals surface area contributed by atoms with E-state index in [-0.39, 0.29) is 0 Å². The van der Waals surface area contributed by atoms with E-state index in [2.05, 4.69) is 32.7 Å². The highest BCUT2D eigenvalue weighted by molar-refractivity contribution is 7.19. The van der Waals surface area contributed by atoms with E-state index in [1.165, 1.54) is 11.3 Å². The Balaban J connectivity index is 1.75. The molecule has 5 aromatic rings. The fourth-order valence-electron chi connectivity index (χ4n) is 3.78. The van der Waals surface area contributed by atoms with Gasteiger partial charge in [-0.15, -0.1) is 11.3 Å². The highest BCUT2D eigenvalue weighted by atomic mass is 35.5. The molecule has 0 N–H and O–H groups in total. The van der Waals surface area contributed by atoms with E-state index >= 15 is 0 Å². The SMILES string of the molecule is N#Cc1c(-c2ccncc2)sc(-c2nccn2Cc2ccccc2)c1-c1ccc(Cl)cc1Cl. The van der Waals surface area contributed by atoms with E-state index in [1.54, 1.807) is 30.7 Å². The number of aromatic nitrogens is 3. The van der Waals surface area contributed by atoms with Crippen LogP contribution in [0, 0.1) is 11.3 Å². The standard InChI is InChI=1S/C26H16Cl2N4S/c27-19-6-7-20(22(28)14-19)23-21(15-29)24(18-8-10-30-11-9-18)33-25(23)26-31-12-13-32(26)16-17-4-2-1-3-5-17/h1-14H,16H2. The van der Waals surface area contributed by atoms with E-state index in [9.17, 15) is 5.26 Å². The van der Waals surface area contributed by atoms with Gasteiger partial charge in [-0.25, -0.2) is 4.98 Å². The highest BCUT2D eigenvalue weighted by Crippen LogP contribution is 2.48. The van der Waals surface area contributed by atoms with E-state index in [4.69, 9.17) is 23.2 Å². The zero-order chi connectivity index (χ0) is 22.8. The quantitative estimate of drug-likeness (QED) is 0.257. The van der Waals surface area contributed by atoms with E-state index < -0.39 is 0 Å². The molecule has 3 heterocycles. The normalized spacial score (nSPS) is 10.8. The Kier molecular flexibility index (Phi) is 5.97. The fourth-order valence-corrected chi connectivity index (χ4v) is 5.56. The minimum absolute atomic E-state index is 0.487. The summed E-state index contributed by atoms with van der Waals surface area (Å²) < 4.78 is 2.09. The predicted octanol–water partition coefficient (Wildman–Crippen LogP) is 7.57. The molecule has 0 aliphatic heterocycles. The molecule has 0 aliphatic carbocycles. The number of benzene rings is 2. The van der Waals surface area contributed by atoms with Gasteiger partial charge in [0.25, 0.3) is 0 Å². The lowest BCUT2D eigenvalue weighted by atomic mass is 9.98. The summed E-state index contributed by atoms with van der Waals surface area (Å²) in [5.41, 5.74) is 4.15. The first kappa shape index (κ1) is 21.4. The van der Waals surface area contributed by atoms with Crippen molar-refractivity contribution in [2.45, 2.75) is 6.54 Å². The summed E-state index contributed by atoms with van der Waals surface area (Å²) in [5, 5.41) is 11.3. The Morgan fingerprint density at radius 3 is 2.45 bits per heavy atom. The molecule has 3 aromatic heterocycles. The average Bonchev–Trinajstić information content (AvgIpc) is 3.44. The summed E-state index contributed by atoms with van der Waals surface area (Å²) in [4.78, 5) is 10.5. The molecule has 0 aliphatic rings. The van der Waals surface area contributed by atoms with Crippen LogP contribution in [0.25, 0.3) is 32.3 Å². The van der Waals surface area contributed by atoms with Gasteiger partial charge >= 0.3 is 0 Å². The third-order valence-electron chi connectivity index (χ3n) is 5.28. The number of pyridine rings is 1. The highest BCUT2D eigenvalue weighted by Gasteiger charge is 2.25. The van der Waals surface area contributed by atoms with Crippen LogP contribution in [0.2, 0.25) is 10.0 Å². The number of nitrogens with zero attached hydrogens (tertiary/aromatic N) is 4. The van der Waals surface area contributed by atoms with Gasteiger partial charge < -0.3 is 4.57 Å². The van der Waals surface area contributed by atoms with Crippen LogP contribution in [0.1, 0.15) is 11.1 Å². The van der Waals surface area contributed by atoms with Gasteiger partial charge in [-0.3, -0.25) is 4.98 Å². The third kappa shape index (κ3) is 4.17. The van der Waals surface area contributed by atoms with Crippen molar-refractivity contribution in [2.24, 2.45) is 0 Å². The fraction of sp³-hybridized carbons (Fsp3) is 0.0385. The summed E-state index contributed by atoms with van der Waals surface area (Å²) in [7, 11) is 0. The number of hydrogen-bond acceptors (Lipinski definition) is 4. The molecule has 0 radical (unpaired) electrons. The first-order chi connectivity index (χ1) is 16.2. The second-order valence-electron chi connectivity index (χ2n) is 7.35. The molecule has 0 fully saturated rings. The maximum atomic E-state index is 10.2. The summed E-state index contributed by atoms with van der Waals surface area (Å²) in [6.07, 6.45) is 7.18. The van der Waals surface area contributed by atoms with Crippen molar-refractivity contribution in [2.75, 3.05) is 0 Å². The van der Waals surface area contributed by atoms with Crippen molar-refractivity contribution >= 4 is 34.5 Å². The number of nitriles is 1. The maximum Gasteiger partial charge on any atom is 0.151 e. The van der Waals surface area contributed by atoms with Gasteiger partial charge in [0.2, 0.25) is 0 Å². The van der Waals surface area contributed by atoms with Gasteiger partial charge in [-0.1, -0.05) is 59.6 Å². The van der Waals surface area contributed by atoms with Gasteiger partial charge in [-0.2, -0.15) is 5.26 Å². The molecule has 0 saturated heterocycles. The van der Waals surface area contributed by atoms with Crippen molar-refractivity contribution in [3.8, 4) is 38.3 Å². The Morgan fingerprint density at radius 2 is 1.73 bits per heavy atom. The lowest BCUT2D eigenvalue weighted by Gasteiger charge is -2.10. The lowest BCUT2D eigenvalue weighted by molar-refractivity contribution is 0.809. The second-order valence-corrected chi connectivity index (χ2v) is 9.21. The molecule has 0 bridgehead atoms. The molecule has 0 spiro atoms. The number of rotatable bonds is 5. The van der Waals surface area contributed by atoms with Crippen molar-refractivity contribution in [3.05, 3.63) is 107 Å². The van der Waals surface area contributed by atoms with Crippen LogP contribution in [0.15, 0.2) is 85.5 Å². The second kappa shape index (κ2) is 9.21. The van der Waals surface area contributed by atoms with E-state index in [1.807, 2.05) is 42.6 Å². The monoisotopic (exact) mass is 486 g/mol. The molecule has 0 saturated carbocycles. The van der Waals surface area contributed by atoms with Crippen LogP contribution in [-0.2, 0) is 6.54 Å². The van der Waals surface area contributed by atoms with Crippen molar-refractivity contribution in [1.29, 1.82) is 5.26 Å². The van der Waals surface area contributed by atoms with Gasteiger partial charge in [0.15, 0.2) is 5.82 Å². The summed E-state index contributed by atoms with van der Waals surface area (Å²) in [5.74, 6) is 0.779. The molecule has 2 aromatic carbocycles. The first-order valence-corrected chi connectivity index (χ1v) is 11.7. The molecule has 0 unspecified atom stereocenters. The van der Waals surface area contributed by atoms with Gasteiger partial charge in [0.1, 0.15) is 6.07 Å². The summed E-state index contributed by atoms with van der Waals surface area (Å²) >= 11 is 14.3. The molecule has 7 heteroatoms. The largest absolute Gasteiger partial charge is 0.326 e. The average molecular weight is 487 g/mol. The maximum absolute atomic E-state index is 10.2. The Bertz CT molecular complexity index is 1470. The zero-order valence-electron chi connectivity index (χ0n) is 17.2. The molecular weight excluding hydrogens is 471 g/mol. The van der Waals surface area contributed by atoms with Gasteiger partial charge in [0.05, 0.1) is 15.3 Å². The zero-order valence-corrected chi connectivity index (χ0v) is 19.6. The van der Waals surface area contributed by atoms with Crippen molar-refractivity contribution < 1.29 is 0 Å². The molecule has 0 atom stereocenters. The molecule has 160 valence electrons. The minimum atomic E-state index is 0.487. The number of hydrogen-bond donors (Lipinski definition) is 0. The Hall–Kier alpha value is -3.43. The molecule has 5 rings (SSSR count). The molecular formula is C26H16Cl2N4S. The van der Waals surface area contributed by atoms with Crippen LogP contribution in [0.4, 0.5) is 0 Å². The predicted molar refractivity (Wildman–Crippen MR) is 134 cm³/mol. The Morgan fingerprint density at radius 1 is 0.939 bits per heavy atom. The van der Waals surface area contributed by atoms with Crippen LogP contribution in [0.5, 0.6) is 0 Å². The van der Waals surface area contributed by atoms with E-state index in [0.29, 0.717) is 22.2 Å². The number of imidazole rings is 1. The number of halogens is 2. The first-order valence-electron chi connectivity index (χ1n) is 10.1. The van der Waals surface area contributed by atoms with Crippen LogP contribution >= 0.6 is 34.5 Å². The van der Waals surface area contributed by atoms with Crippen LogP contribution in [-0.4, -0.2) is 14.5 Å². The van der Waals surface area contributed by atoms with Crippen LogP contribution < -0.4 is 0 Å². The molecule has 4 nitrogen and oxygen atoms in total. The van der Waals surface area contributed by atoms with Gasteiger partial charge in [0, 0.05) is 52.5 Å². The topological polar surface area (TPSA) is 54.5 Å². The van der Waals surface area contributed by atoms with Crippen LogP contribution in [0.3, 0.4) is 0 Å². The lowest BCUT2D eigenvalue weighted by Crippen LogP contribution is -2.01. The number of thiophene rings is 1.